The molecular weight excluding hydrogens is 408 g/mol. The normalized spacial score (nSPS) is 10.2. The van der Waals surface area contributed by atoms with Gasteiger partial charge in [-0.25, -0.2) is 0 Å². The highest BCUT2D eigenvalue weighted by atomic mass is 16.5. The van der Waals surface area contributed by atoms with Gasteiger partial charge in [0, 0.05) is 30.3 Å². The number of esters is 1. The van der Waals surface area contributed by atoms with E-state index in [0.29, 0.717) is 35.5 Å². The van der Waals surface area contributed by atoms with Crippen molar-refractivity contribution in [2.24, 2.45) is 0 Å². The first-order valence-corrected chi connectivity index (χ1v) is 10.1. The first-order valence-electron chi connectivity index (χ1n) is 10.1. The third kappa shape index (κ3) is 6.70. The summed E-state index contributed by atoms with van der Waals surface area (Å²) in [6.07, 6.45) is 0.938. The molecule has 0 aliphatic rings. The number of nitrogens with one attached hydrogen (secondary N) is 2. The monoisotopic (exact) mass is 432 g/mol. The zero-order valence-electron chi connectivity index (χ0n) is 17.9. The SMILES string of the molecule is COc1cccc(CCC(=O)Nc2ccc(NC(=O)c3cccc(OC(C)=O)c3)cc2)c1. The van der Waals surface area contributed by atoms with Crippen molar-refractivity contribution in [3.63, 3.8) is 0 Å². The Labute approximate surface area is 186 Å². The summed E-state index contributed by atoms with van der Waals surface area (Å²) >= 11 is 0. The molecule has 3 aromatic rings. The van der Waals surface area contributed by atoms with E-state index in [0.717, 1.165) is 11.3 Å². The molecule has 2 N–H and O–H groups in total. The molecule has 0 atom stereocenters. The number of ether oxygens (including phenoxy) is 2. The van der Waals surface area contributed by atoms with Crippen molar-refractivity contribution in [1.82, 2.24) is 0 Å². The van der Waals surface area contributed by atoms with Crippen LogP contribution in [0.15, 0.2) is 72.8 Å². The fourth-order valence-corrected chi connectivity index (χ4v) is 3.02. The molecule has 2 amide bonds. The molecule has 0 fully saturated rings. The lowest BCUT2D eigenvalue weighted by Gasteiger charge is -2.09. The lowest BCUT2D eigenvalue weighted by molar-refractivity contribution is -0.131. The van der Waals surface area contributed by atoms with Crippen LogP contribution in [0.5, 0.6) is 11.5 Å². The minimum absolute atomic E-state index is 0.105. The van der Waals surface area contributed by atoms with Crippen molar-refractivity contribution >= 4 is 29.2 Å². The fraction of sp³-hybridized carbons (Fsp3) is 0.160. The second-order valence-electron chi connectivity index (χ2n) is 7.05. The summed E-state index contributed by atoms with van der Waals surface area (Å²) in [5.74, 6) is 0.167. The van der Waals surface area contributed by atoms with Crippen LogP contribution in [0.1, 0.15) is 29.3 Å². The van der Waals surface area contributed by atoms with Crippen LogP contribution in [-0.2, 0) is 16.0 Å². The predicted molar refractivity (Wildman–Crippen MR) is 122 cm³/mol. The molecule has 0 aliphatic carbocycles. The molecule has 3 aromatic carbocycles. The maximum Gasteiger partial charge on any atom is 0.308 e. The summed E-state index contributed by atoms with van der Waals surface area (Å²) in [6.45, 7) is 1.30. The number of benzene rings is 3. The summed E-state index contributed by atoms with van der Waals surface area (Å²) in [6, 6.07) is 20.8. The molecule has 164 valence electrons. The zero-order chi connectivity index (χ0) is 22.9. The summed E-state index contributed by atoms with van der Waals surface area (Å²) < 4.78 is 10.2. The first-order chi connectivity index (χ1) is 15.4. The maximum absolute atomic E-state index is 12.5. The fourth-order valence-electron chi connectivity index (χ4n) is 3.02. The van der Waals surface area contributed by atoms with Crippen molar-refractivity contribution in [3.8, 4) is 11.5 Å². The van der Waals surface area contributed by atoms with Crippen LogP contribution >= 0.6 is 0 Å². The van der Waals surface area contributed by atoms with Gasteiger partial charge in [-0.3, -0.25) is 14.4 Å². The van der Waals surface area contributed by atoms with Gasteiger partial charge >= 0.3 is 5.97 Å². The highest BCUT2D eigenvalue weighted by Crippen LogP contribution is 2.18. The highest BCUT2D eigenvalue weighted by Gasteiger charge is 2.09. The first kappa shape index (κ1) is 22.6. The molecule has 0 aromatic heterocycles. The number of aryl methyl sites for hydroxylation is 1. The topological polar surface area (TPSA) is 93.7 Å². The molecular formula is C25H24N2O5. The average Bonchev–Trinajstić information content (AvgIpc) is 2.79. The van der Waals surface area contributed by atoms with Gasteiger partial charge < -0.3 is 20.1 Å². The third-order valence-corrected chi connectivity index (χ3v) is 4.56. The number of hydrogen-bond acceptors (Lipinski definition) is 5. The van der Waals surface area contributed by atoms with Gasteiger partial charge in [0.1, 0.15) is 11.5 Å². The Bertz CT molecular complexity index is 1110. The Hall–Kier alpha value is -4.13. The van der Waals surface area contributed by atoms with Crippen molar-refractivity contribution in [1.29, 1.82) is 0 Å². The van der Waals surface area contributed by atoms with Gasteiger partial charge in [0.25, 0.3) is 5.91 Å². The van der Waals surface area contributed by atoms with E-state index < -0.39 is 5.97 Å². The predicted octanol–water partition coefficient (Wildman–Crippen LogP) is 4.44. The third-order valence-electron chi connectivity index (χ3n) is 4.56. The van der Waals surface area contributed by atoms with E-state index in [4.69, 9.17) is 9.47 Å². The van der Waals surface area contributed by atoms with E-state index in [2.05, 4.69) is 10.6 Å². The van der Waals surface area contributed by atoms with Crippen LogP contribution in [0, 0.1) is 0 Å². The van der Waals surface area contributed by atoms with Crippen molar-refractivity contribution in [2.75, 3.05) is 17.7 Å². The Morgan fingerprint density at radius 3 is 2.16 bits per heavy atom. The minimum atomic E-state index is -0.455. The Morgan fingerprint density at radius 2 is 1.47 bits per heavy atom. The second-order valence-corrected chi connectivity index (χ2v) is 7.05. The van der Waals surface area contributed by atoms with Crippen molar-refractivity contribution < 1.29 is 23.9 Å². The van der Waals surface area contributed by atoms with Crippen molar-refractivity contribution in [3.05, 3.63) is 83.9 Å². The standard InChI is InChI=1S/C25H24N2O5/c1-17(28)32-23-8-4-6-19(16-23)25(30)27-21-12-10-20(11-13-21)26-24(29)14-9-18-5-3-7-22(15-18)31-2/h3-8,10-13,15-16H,9,14H2,1-2H3,(H,26,29)(H,27,30). The molecule has 32 heavy (non-hydrogen) atoms. The minimum Gasteiger partial charge on any atom is -0.497 e. The smallest absolute Gasteiger partial charge is 0.308 e. The largest absolute Gasteiger partial charge is 0.497 e. The molecule has 0 bridgehead atoms. The van der Waals surface area contributed by atoms with Gasteiger partial charge in [-0.15, -0.1) is 0 Å². The lowest BCUT2D eigenvalue weighted by atomic mass is 10.1. The Morgan fingerprint density at radius 1 is 0.812 bits per heavy atom. The van der Waals surface area contributed by atoms with Crippen LogP contribution in [0.25, 0.3) is 0 Å². The molecule has 7 heteroatoms. The summed E-state index contributed by atoms with van der Waals surface area (Å²) in [5.41, 5.74) is 2.59. The van der Waals surface area contributed by atoms with E-state index in [9.17, 15) is 14.4 Å². The van der Waals surface area contributed by atoms with E-state index >= 15 is 0 Å². The van der Waals surface area contributed by atoms with Crippen LogP contribution in [0.3, 0.4) is 0 Å². The van der Waals surface area contributed by atoms with Gasteiger partial charge in [-0.2, -0.15) is 0 Å². The summed E-state index contributed by atoms with van der Waals surface area (Å²) in [5, 5.41) is 5.62. The summed E-state index contributed by atoms with van der Waals surface area (Å²) in [4.78, 5) is 35.8. The molecule has 3 rings (SSSR count). The number of carbonyl (C=O) groups excluding carboxylic acids is 3. The molecule has 0 heterocycles. The van der Waals surface area contributed by atoms with Crippen LogP contribution < -0.4 is 20.1 Å². The average molecular weight is 432 g/mol. The number of rotatable bonds is 8. The van der Waals surface area contributed by atoms with Gasteiger partial charge in [0.15, 0.2) is 0 Å². The molecule has 0 saturated carbocycles. The molecule has 0 aliphatic heterocycles. The Kier molecular flexibility index (Phi) is 7.59. The van der Waals surface area contributed by atoms with E-state index in [1.54, 1.807) is 49.6 Å². The quantitative estimate of drug-likeness (QED) is 0.405. The Balaban J connectivity index is 1.52. The van der Waals surface area contributed by atoms with Crippen LogP contribution in [0.4, 0.5) is 11.4 Å². The number of methoxy groups -OCH3 is 1. The molecule has 7 nitrogen and oxygen atoms in total. The molecule has 0 spiro atoms. The van der Waals surface area contributed by atoms with Gasteiger partial charge in [-0.1, -0.05) is 18.2 Å². The number of carbonyl (C=O) groups is 3. The van der Waals surface area contributed by atoms with Crippen molar-refractivity contribution in [2.45, 2.75) is 19.8 Å². The number of amides is 2. The molecule has 0 saturated heterocycles. The number of hydrogen-bond donors (Lipinski definition) is 2. The summed E-state index contributed by atoms with van der Waals surface area (Å²) in [7, 11) is 1.61. The van der Waals surface area contributed by atoms with Gasteiger partial charge in [0.2, 0.25) is 5.91 Å². The van der Waals surface area contributed by atoms with Crippen LogP contribution in [0.2, 0.25) is 0 Å². The van der Waals surface area contributed by atoms with E-state index in [-0.39, 0.29) is 11.8 Å². The van der Waals surface area contributed by atoms with Gasteiger partial charge in [0.05, 0.1) is 7.11 Å². The van der Waals surface area contributed by atoms with Gasteiger partial charge in [-0.05, 0) is 66.6 Å². The number of anilines is 2. The molecule has 0 unspecified atom stereocenters. The van der Waals surface area contributed by atoms with E-state index in [1.165, 1.54) is 13.0 Å². The second kappa shape index (κ2) is 10.8. The zero-order valence-corrected chi connectivity index (χ0v) is 17.9. The lowest BCUT2D eigenvalue weighted by Crippen LogP contribution is -2.13. The van der Waals surface area contributed by atoms with Crippen LogP contribution in [-0.4, -0.2) is 24.9 Å². The maximum atomic E-state index is 12.5. The van der Waals surface area contributed by atoms with E-state index in [1.807, 2.05) is 24.3 Å². The molecule has 0 radical (unpaired) electrons. The highest BCUT2D eigenvalue weighted by molar-refractivity contribution is 6.04.